The van der Waals surface area contributed by atoms with Gasteiger partial charge in [-0.15, -0.1) is 0 Å². The number of anilines is 3. The Labute approximate surface area is 218 Å². The van der Waals surface area contributed by atoms with Crippen LogP contribution in [0.3, 0.4) is 0 Å². The largest absolute Gasteiger partial charge is 0.505 e. The first kappa shape index (κ1) is 25.8. The molecule has 35 heavy (non-hydrogen) atoms. The van der Waals surface area contributed by atoms with Crippen LogP contribution in [0.25, 0.3) is 6.08 Å². The number of phenolic OH excluding ortho intramolecular Hbond substituents is 1. The van der Waals surface area contributed by atoms with Crippen molar-refractivity contribution in [3.8, 4) is 5.75 Å². The van der Waals surface area contributed by atoms with Gasteiger partial charge in [0.1, 0.15) is 11.4 Å². The summed E-state index contributed by atoms with van der Waals surface area (Å²) in [5.41, 5.74) is 6.51. The SMILES string of the molecule is COC(=O)/C=C/c1cccc(N(C(=O)Nc2ccccc2Br)N(C(N)=O)c2ccccc2Br)c1O. The first-order valence-electron chi connectivity index (χ1n) is 10.0. The number of carbonyl (C=O) groups is 3. The van der Waals surface area contributed by atoms with E-state index in [2.05, 4.69) is 41.9 Å². The van der Waals surface area contributed by atoms with Crippen LogP contribution in [0.4, 0.5) is 26.7 Å². The first-order chi connectivity index (χ1) is 16.7. The minimum Gasteiger partial charge on any atom is -0.505 e. The highest BCUT2D eigenvalue weighted by atomic mass is 79.9. The number of hydrogen-bond donors (Lipinski definition) is 3. The van der Waals surface area contributed by atoms with Crippen LogP contribution in [0.2, 0.25) is 0 Å². The number of urea groups is 2. The Morgan fingerprint density at radius 2 is 1.54 bits per heavy atom. The first-order valence-corrected chi connectivity index (χ1v) is 11.6. The minimum absolute atomic E-state index is 0.0730. The summed E-state index contributed by atoms with van der Waals surface area (Å²) in [6.07, 6.45) is 2.44. The van der Waals surface area contributed by atoms with Crippen LogP contribution in [-0.2, 0) is 9.53 Å². The van der Waals surface area contributed by atoms with Crippen LogP contribution in [-0.4, -0.2) is 30.2 Å². The molecule has 0 saturated heterocycles. The number of primary amides is 1. The van der Waals surface area contributed by atoms with Crippen molar-refractivity contribution in [3.05, 3.63) is 87.3 Å². The third-order valence-electron chi connectivity index (χ3n) is 4.67. The summed E-state index contributed by atoms with van der Waals surface area (Å²) in [5.74, 6) is -1.02. The smallest absolute Gasteiger partial charge is 0.346 e. The Morgan fingerprint density at radius 3 is 2.17 bits per heavy atom. The highest BCUT2D eigenvalue weighted by Gasteiger charge is 2.32. The van der Waals surface area contributed by atoms with Gasteiger partial charge in [-0.05, 0) is 68.3 Å². The van der Waals surface area contributed by atoms with Crippen molar-refractivity contribution in [2.24, 2.45) is 5.73 Å². The summed E-state index contributed by atoms with van der Waals surface area (Å²) in [6.45, 7) is 0. The van der Waals surface area contributed by atoms with Crippen LogP contribution in [0.1, 0.15) is 5.56 Å². The number of hydrogen-bond acceptors (Lipinski definition) is 5. The van der Waals surface area contributed by atoms with E-state index in [0.717, 1.165) is 16.1 Å². The van der Waals surface area contributed by atoms with Crippen molar-refractivity contribution in [2.45, 2.75) is 0 Å². The fourth-order valence-electron chi connectivity index (χ4n) is 3.07. The number of nitrogens with zero attached hydrogens (tertiary/aromatic N) is 2. The predicted molar refractivity (Wildman–Crippen MR) is 141 cm³/mol. The number of ether oxygens (including phenoxy) is 1. The topological polar surface area (TPSA) is 125 Å². The number of nitrogens with two attached hydrogens (primary N) is 1. The van der Waals surface area contributed by atoms with Crippen molar-refractivity contribution >= 4 is 73.0 Å². The zero-order valence-corrected chi connectivity index (χ0v) is 21.5. The van der Waals surface area contributed by atoms with Crippen LogP contribution in [0, 0.1) is 0 Å². The van der Waals surface area contributed by atoms with Crippen molar-refractivity contribution in [2.75, 3.05) is 22.4 Å². The number of amides is 4. The maximum atomic E-state index is 13.6. The number of aromatic hydroxyl groups is 1. The van der Waals surface area contributed by atoms with Crippen LogP contribution < -0.4 is 21.1 Å². The molecule has 0 fully saturated rings. The molecular formula is C24H20Br2N4O5. The molecule has 0 aliphatic heterocycles. The van der Waals surface area contributed by atoms with Crippen molar-refractivity contribution in [3.63, 3.8) is 0 Å². The molecule has 11 heteroatoms. The van der Waals surface area contributed by atoms with Crippen LogP contribution in [0.15, 0.2) is 81.8 Å². The second-order valence-electron chi connectivity index (χ2n) is 6.89. The standard InChI is InChI=1S/C24H20Br2N4O5/c1-35-21(31)14-13-15-7-6-12-20(22(15)32)30(24(34)28-18-10-4-2-8-16(18)25)29(23(27)33)19-11-5-3-9-17(19)26/h2-14,32H,1H3,(H2,27,33)(H,28,34)/b14-13+. The molecular weight excluding hydrogens is 584 g/mol. The highest BCUT2D eigenvalue weighted by molar-refractivity contribution is 9.11. The molecule has 4 N–H and O–H groups in total. The molecule has 0 spiro atoms. The number of carbonyl (C=O) groups excluding carboxylic acids is 3. The second-order valence-corrected chi connectivity index (χ2v) is 8.60. The molecule has 0 unspecified atom stereocenters. The highest BCUT2D eigenvalue weighted by Crippen LogP contribution is 2.37. The van der Waals surface area contributed by atoms with E-state index < -0.39 is 18.0 Å². The lowest BCUT2D eigenvalue weighted by atomic mass is 10.1. The molecule has 9 nitrogen and oxygen atoms in total. The third-order valence-corrected chi connectivity index (χ3v) is 6.03. The number of rotatable bonds is 5. The fourth-order valence-corrected chi connectivity index (χ4v) is 3.90. The number of halogens is 2. The zero-order valence-electron chi connectivity index (χ0n) is 18.3. The average Bonchev–Trinajstić information content (AvgIpc) is 2.83. The quantitative estimate of drug-likeness (QED) is 0.198. The molecule has 3 rings (SSSR count). The number of esters is 1. The van der Waals surface area contributed by atoms with Crippen molar-refractivity contribution < 1.29 is 24.2 Å². The molecule has 0 saturated carbocycles. The van der Waals surface area contributed by atoms with Gasteiger partial charge in [-0.3, -0.25) is 0 Å². The number of benzene rings is 3. The molecule has 0 bridgehead atoms. The molecule has 3 aromatic rings. The Morgan fingerprint density at radius 1 is 0.914 bits per heavy atom. The monoisotopic (exact) mass is 602 g/mol. The van der Waals surface area contributed by atoms with Gasteiger partial charge >= 0.3 is 18.0 Å². The minimum atomic E-state index is -0.992. The summed E-state index contributed by atoms with van der Waals surface area (Å²) in [4.78, 5) is 37.8. The molecule has 0 aliphatic rings. The van der Waals surface area contributed by atoms with E-state index in [9.17, 15) is 19.5 Å². The summed E-state index contributed by atoms with van der Waals surface area (Å²) in [6, 6.07) is 16.2. The van der Waals surface area contributed by atoms with Gasteiger partial charge in [0.05, 0.1) is 18.5 Å². The van der Waals surface area contributed by atoms with Gasteiger partial charge < -0.3 is 20.9 Å². The lowest BCUT2D eigenvalue weighted by Crippen LogP contribution is -2.54. The van der Waals surface area contributed by atoms with E-state index in [1.807, 2.05) is 0 Å². The molecule has 0 radical (unpaired) electrons. The van der Waals surface area contributed by atoms with Crippen LogP contribution in [0.5, 0.6) is 5.75 Å². The average molecular weight is 604 g/mol. The molecule has 0 heterocycles. The predicted octanol–water partition coefficient (Wildman–Crippen LogP) is 5.64. The van der Waals surface area contributed by atoms with E-state index >= 15 is 0 Å². The Hall–Kier alpha value is -3.83. The van der Waals surface area contributed by atoms with E-state index in [0.29, 0.717) is 14.6 Å². The summed E-state index contributed by atoms with van der Waals surface area (Å²) in [5, 5.41) is 15.6. The number of phenols is 1. The van der Waals surface area contributed by atoms with Crippen LogP contribution >= 0.6 is 31.9 Å². The number of nitrogens with one attached hydrogen (secondary N) is 1. The Bertz CT molecular complexity index is 1300. The third kappa shape index (κ3) is 6.00. The Balaban J connectivity index is 2.18. The normalized spacial score (nSPS) is 10.6. The number of methoxy groups -OCH3 is 1. The molecule has 0 aromatic heterocycles. The fraction of sp³-hybridized carbons (Fsp3) is 0.0417. The maximum Gasteiger partial charge on any atom is 0.346 e. The van der Waals surface area contributed by atoms with Gasteiger partial charge in [-0.2, -0.15) is 10.0 Å². The molecule has 3 aromatic carbocycles. The number of para-hydroxylation sites is 3. The summed E-state index contributed by atoms with van der Waals surface area (Å²) >= 11 is 6.75. The Kier molecular flexibility index (Phi) is 8.50. The van der Waals surface area contributed by atoms with Gasteiger partial charge in [0.15, 0.2) is 0 Å². The molecule has 180 valence electrons. The number of hydrazine groups is 1. The van der Waals surface area contributed by atoms with Crippen molar-refractivity contribution in [1.82, 2.24) is 0 Å². The van der Waals surface area contributed by atoms with Gasteiger partial charge in [-0.1, -0.05) is 36.4 Å². The van der Waals surface area contributed by atoms with E-state index in [1.165, 1.54) is 25.3 Å². The van der Waals surface area contributed by atoms with Gasteiger partial charge in [0, 0.05) is 20.6 Å². The second kappa shape index (κ2) is 11.5. The lowest BCUT2D eigenvalue weighted by Gasteiger charge is -2.34. The van der Waals surface area contributed by atoms with Gasteiger partial charge in [0.25, 0.3) is 0 Å². The van der Waals surface area contributed by atoms with E-state index in [1.54, 1.807) is 54.6 Å². The van der Waals surface area contributed by atoms with Crippen molar-refractivity contribution in [1.29, 1.82) is 0 Å². The maximum absolute atomic E-state index is 13.6. The molecule has 0 aliphatic carbocycles. The summed E-state index contributed by atoms with van der Waals surface area (Å²) in [7, 11) is 1.22. The molecule has 4 amide bonds. The van der Waals surface area contributed by atoms with E-state index in [-0.39, 0.29) is 22.7 Å². The molecule has 0 atom stereocenters. The van der Waals surface area contributed by atoms with Gasteiger partial charge in [-0.25, -0.2) is 14.4 Å². The van der Waals surface area contributed by atoms with Gasteiger partial charge in [0.2, 0.25) is 0 Å². The lowest BCUT2D eigenvalue weighted by molar-refractivity contribution is -0.134. The van der Waals surface area contributed by atoms with E-state index in [4.69, 9.17) is 5.73 Å². The summed E-state index contributed by atoms with van der Waals surface area (Å²) < 4.78 is 5.65. The zero-order chi connectivity index (χ0) is 25.5.